The van der Waals surface area contributed by atoms with Crippen molar-refractivity contribution in [2.75, 3.05) is 19.6 Å². The van der Waals surface area contributed by atoms with Crippen molar-refractivity contribution in [1.29, 1.82) is 5.26 Å². The molecule has 0 aromatic heterocycles. The fraction of sp³-hybridized carbons (Fsp3) is 0.944. The van der Waals surface area contributed by atoms with Crippen molar-refractivity contribution in [3.63, 3.8) is 0 Å². The lowest BCUT2D eigenvalue weighted by molar-refractivity contribution is 0.243. The van der Waals surface area contributed by atoms with E-state index in [1.54, 1.807) is 0 Å². The van der Waals surface area contributed by atoms with Crippen LogP contribution in [0.5, 0.6) is 0 Å². The summed E-state index contributed by atoms with van der Waals surface area (Å²) >= 11 is 0. The van der Waals surface area contributed by atoms with Gasteiger partial charge in [-0.25, -0.2) is 0 Å². The van der Waals surface area contributed by atoms with Crippen LogP contribution in [0.4, 0.5) is 0 Å². The van der Waals surface area contributed by atoms with E-state index in [-0.39, 0.29) is 5.54 Å². The lowest BCUT2D eigenvalue weighted by Crippen LogP contribution is -2.47. The van der Waals surface area contributed by atoms with Crippen molar-refractivity contribution in [1.82, 2.24) is 10.2 Å². The summed E-state index contributed by atoms with van der Waals surface area (Å²) in [6.07, 6.45) is 6.91. The van der Waals surface area contributed by atoms with Gasteiger partial charge in [0.05, 0.1) is 6.07 Å². The van der Waals surface area contributed by atoms with Crippen molar-refractivity contribution in [3.05, 3.63) is 0 Å². The van der Waals surface area contributed by atoms with Crippen LogP contribution in [-0.2, 0) is 0 Å². The summed E-state index contributed by atoms with van der Waals surface area (Å²) in [5, 5.41) is 13.0. The van der Waals surface area contributed by atoms with Crippen LogP contribution < -0.4 is 5.32 Å². The van der Waals surface area contributed by atoms with Gasteiger partial charge in [0.15, 0.2) is 0 Å². The third-order valence-corrected chi connectivity index (χ3v) is 4.89. The summed E-state index contributed by atoms with van der Waals surface area (Å²) in [5.74, 6) is 0. The Morgan fingerprint density at radius 3 is 2.57 bits per heavy atom. The zero-order valence-corrected chi connectivity index (χ0v) is 14.8. The summed E-state index contributed by atoms with van der Waals surface area (Å²) in [6.45, 7) is 14.7. The van der Waals surface area contributed by atoms with E-state index in [9.17, 15) is 5.26 Å². The highest BCUT2D eigenvalue weighted by Gasteiger charge is 2.28. The van der Waals surface area contributed by atoms with Gasteiger partial charge in [0.25, 0.3) is 0 Å². The first-order valence-electron chi connectivity index (χ1n) is 8.74. The molecule has 1 heterocycles. The monoisotopic (exact) mass is 293 g/mol. The lowest BCUT2D eigenvalue weighted by atomic mass is 9.85. The summed E-state index contributed by atoms with van der Waals surface area (Å²) in [7, 11) is 0. The Kier molecular flexibility index (Phi) is 7.16. The first-order chi connectivity index (χ1) is 9.82. The molecule has 1 atom stereocenters. The van der Waals surface area contributed by atoms with E-state index in [1.165, 1.54) is 32.4 Å². The molecule has 0 aromatic rings. The van der Waals surface area contributed by atoms with Gasteiger partial charge in [0.2, 0.25) is 0 Å². The van der Waals surface area contributed by atoms with Crippen LogP contribution in [0, 0.1) is 16.7 Å². The highest BCUT2D eigenvalue weighted by molar-refractivity contribution is 5.06. The van der Waals surface area contributed by atoms with Crippen LogP contribution in [0.3, 0.4) is 0 Å². The normalized spacial score (nSPS) is 22.5. The molecule has 0 amide bonds. The predicted octanol–water partition coefficient (Wildman–Crippen LogP) is 3.95. The molecule has 0 saturated carbocycles. The number of nitriles is 1. The minimum absolute atomic E-state index is 0.334. The number of rotatable bonds is 7. The minimum Gasteiger partial charge on any atom is -0.303 e. The third kappa shape index (κ3) is 6.36. The average molecular weight is 293 g/mol. The van der Waals surface area contributed by atoms with Crippen LogP contribution in [0.2, 0.25) is 0 Å². The Bertz CT molecular complexity index is 343. The van der Waals surface area contributed by atoms with Gasteiger partial charge >= 0.3 is 0 Å². The molecule has 1 aliphatic heterocycles. The summed E-state index contributed by atoms with van der Waals surface area (Å²) in [6, 6.07) is 2.89. The molecule has 0 radical (unpaired) electrons. The van der Waals surface area contributed by atoms with Crippen LogP contribution in [0.15, 0.2) is 0 Å². The van der Waals surface area contributed by atoms with Gasteiger partial charge < -0.3 is 4.90 Å². The Morgan fingerprint density at radius 2 is 2.00 bits per heavy atom. The molecule has 0 bridgehead atoms. The number of likely N-dealkylation sites (tertiary alicyclic amines) is 1. The molecule has 1 aliphatic rings. The first-order valence-corrected chi connectivity index (χ1v) is 8.74. The molecule has 21 heavy (non-hydrogen) atoms. The maximum absolute atomic E-state index is 9.55. The molecule has 1 saturated heterocycles. The Labute approximate surface area is 132 Å². The highest BCUT2D eigenvalue weighted by atomic mass is 15.1. The van der Waals surface area contributed by atoms with Gasteiger partial charge in [-0.05, 0) is 77.4 Å². The second kappa shape index (κ2) is 8.15. The van der Waals surface area contributed by atoms with Crippen LogP contribution in [0.1, 0.15) is 73.1 Å². The molecular weight excluding hydrogens is 258 g/mol. The maximum atomic E-state index is 9.55. The number of nitrogens with zero attached hydrogens (tertiary/aromatic N) is 2. The standard InChI is InChI=1S/C18H35N3/c1-6-18(15-19,20-16(2)3)10-8-13-21-12-7-9-17(4,5)11-14-21/h16,20H,6-14H2,1-5H3. The molecule has 1 unspecified atom stereocenters. The van der Waals surface area contributed by atoms with Crippen molar-refractivity contribution in [2.45, 2.75) is 84.7 Å². The molecule has 3 heteroatoms. The van der Waals surface area contributed by atoms with Crippen molar-refractivity contribution in [3.8, 4) is 6.07 Å². The molecule has 1 rings (SSSR count). The lowest BCUT2D eigenvalue weighted by Gasteiger charge is -2.30. The van der Waals surface area contributed by atoms with Crippen molar-refractivity contribution >= 4 is 0 Å². The zero-order chi connectivity index (χ0) is 15.9. The van der Waals surface area contributed by atoms with E-state index in [0.29, 0.717) is 11.5 Å². The Morgan fingerprint density at radius 1 is 1.29 bits per heavy atom. The topological polar surface area (TPSA) is 39.1 Å². The van der Waals surface area contributed by atoms with Crippen LogP contribution >= 0.6 is 0 Å². The smallest absolute Gasteiger partial charge is 0.106 e. The minimum atomic E-state index is -0.334. The molecule has 0 spiro atoms. The number of hydrogen-bond acceptors (Lipinski definition) is 3. The van der Waals surface area contributed by atoms with E-state index in [2.05, 4.69) is 50.9 Å². The summed E-state index contributed by atoms with van der Waals surface area (Å²) in [4.78, 5) is 2.60. The summed E-state index contributed by atoms with van der Waals surface area (Å²) < 4.78 is 0. The Balaban J connectivity index is 2.42. The average Bonchev–Trinajstić information content (AvgIpc) is 2.58. The number of hydrogen-bond donors (Lipinski definition) is 1. The molecule has 0 aromatic carbocycles. The molecular formula is C18H35N3. The van der Waals surface area contributed by atoms with Gasteiger partial charge in [-0.2, -0.15) is 5.26 Å². The van der Waals surface area contributed by atoms with E-state index in [1.807, 2.05) is 0 Å². The number of nitrogens with one attached hydrogen (secondary N) is 1. The third-order valence-electron chi connectivity index (χ3n) is 4.89. The quantitative estimate of drug-likeness (QED) is 0.772. The second-order valence-electron chi connectivity index (χ2n) is 7.81. The van der Waals surface area contributed by atoms with Gasteiger partial charge in [0.1, 0.15) is 5.54 Å². The van der Waals surface area contributed by atoms with Crippen molar-refractivity contribution in [2.24, 2.45) is 5.41 Å². The SMILES string of the molecule is CCC(C#N)(CCCN1CCCC(C)(C)CC1)NC(C)C. The van der Waals surface area contributed by atoms with Gasteiger partial charge in [-0.15, -0.1) is 0 Å². The Hall–Kier alpha value is -0.590. The summed E-state index contributed by atoms with van der Waals surface area (Å²) in [5.41, 5.74) is 0.174. The van der Waals surface area contributed by atoms with Crippen molar-refractivity contribution < 1.29 is 0 Å². The highest BCUT2D eigenvalue weighted by Crippen LogP contribution is 2.30. The van der Waals surface area contributed by atoms with Crippen LogP contribution in [0.25, 0.3) is 0 Å². The molecule has 3 nitrogen and oxygen atoms in total. The van der Waals surface area contributed by atoms with Gasteiger partial charge in [-0.1, -0.05) is 20.8 Å². The first kappa shape index (κ1) is 18.5. The van der Waals surface area contributed by atoms with E-state index in [4.69, 9.17) is 0 Å². The van der Waals surface area contributed by atoms with E-state index < -0.39 is 0 Å². The van der Waals surface area contributed by atoms with Crippen LogP contribution in [-0.4, -0.2) is 36.1 Å². The maximum Gasteiger partial charge on any atom is 0.106 e. The van der Waals surface area contributed by atoms with Gasteiger partial charge in [-0.3, -0.25) is 5.32 Å². The molecule has 1 fully saturated rings. The second-order valence-corrected chi connectivity index (χ2v) is 7.81. The fourth-order valence-corrected chi connectivity index (χ4v) is 3.38. The predicted molar refractivity (Wildman–Crippen MR) is 90.2 cm³/mol. The fourth-order valence-electron chi connectivity index (χ4n) is 3.38. The van der Waals surface area contributed by atoms with Gasteiger partial charge in [0, 0.05) is 6.04 Å². The molecule has 1 N–H and O–H groups in total. The molecule has 0 aliphatic carbocycles. The van der Waals surface area contributed by atoms with E-state index in [0.717, 1.165) is 25.8 Å². The zero-order valence-electron chi connectivity index (χ0n) is 14.8. The molecule has 122 valence electrons. The largest absolute Gasteiger partial charge is 0.303 e. The van der Waals surface area contributed by atoms with E-state index >= 15 is 0 Å².